The van der Waals surface area contributed by atoms with Gasteiger partial charge in [-0.2, -0.15) is 0 Å². The first kappa shape index (κ1) is 7.21. The molecule has 2 aliphatic rings. The molecule has 1 amide bonds. The molecule has 4 nitrogen and oxygen atoms in total. The van der Waals surface area contributed by atoms with E-state index in [-0.39, 0.29) is 11.6 Å². The second kappa shape index (κ2) is 2.27. The Morgan fingerprint density at radius 1 is 1.67 bits per heavy atom. The average Bonchev–Trinajstić information content (AvgIpc) is 2.81. The lowest BCUT2D eigenvalue weighted by Gasteiger charge is -2.01. The van der Waals surface area contributed by atoms with Crippen LogP contribution in [0.4, 0.5) is 0 Å². The largest absolute Gasteiger partial charge is 0.464 e. The second-order valence-corrected chi connectivity index (χ2v) is 3.10. The summed E-state index contributed by atoms with van der Waals surface area (Å²) in [4.78, 5) is 11.1. The highest BCUT2D eigenvalue weighted by atomic mass is 16.2. The lowest BCUT2D eigenvalue weighted by molar-refractivity contribution is -0.442. The lowest BCUT2D eigenvalue weighted by Crippen LogP contribution is -2.27. The van der Waals surface area contributed by atoms with Gasteiger partial charge in [0, 0.05) is 11.0 Å². The molecule has 0 radical (unpaired) electrons. The fourth-order valence-electron chi connectivity index (χ4n) is 1.16. The fraction of sp³-hybridized carbons (Fsp3) is 0.375. The molecule has 0 aromatic rings. The van der Waals surface area contributed by atoms with Gasteiger partial charge in [0.25, 0.3) is 0 Å². The molecule has 1 aliphatic heterocycles. The molecule has 1 heterocycles. The molecule has 0 aromatic carbocycles. The van der Waals surface area contributed by atoms with Gasteiger partial charge in [0.05, 0.1) is 0 Å². The highest BCUT2D eigenvalue weighted by Gasteiger charge is 2.34. The van der Waals surface area contributed by atoms with Crippen molar-refractivity contribution in [1.29, 1.82) is 0 Å². The van der Waals surface area contributed by atoms with E-state index in [0.29, 0.717) is 5.92 Å². The molecule has 4 heteroatoms. The Bertz CT molecular complexity index is 323. The number of hydrogen-bond donors (Lipinski definition) is 1. The van der Waals surface area contributed by atoms with E-state index in [1.807, 2.05) is 0 Å². The fourth-order valence-corrected chi connectivity index (χ4v) is 1.16. The maximum Gasteiger partial charge on any atom is 0.464 e. The molecule has 2 rings (SSSR count). The Morgan fingerprint density at radius 3 is 2.83 bits per heavy atom. The van der Waals surface area contributed by atoms with Crippen molar-refractivity contribution < 1.29 is 9.48 Å². The molecule has 1 saturated carbocycles. The van der Waals surface area contributed by atoms with Crippen LogP contribution in [0.3, 0.4) is 0 Å². The van der Waals surface area contributed by atoms with Crippen LogP contribution >= 0.6 is 0 Å². The van der Waals surface area contributed by atoms with Gasteiger partial charge in [0.15, 0.2) is 12.4 Å². The summed E-state index contributed by atoms with van der Waals surface area (Å²) in [6, 6.07) is 0. The van der Waals surface area contributed by atoms with Gasteiger partial charge < -0.3 is 5.73 Å². The van der Waals surface area contributed by atoms with Gasteiger partial charge in [-0.05, 0) is 23.6 Å². The van der Waals surface area contributed by atoms with Gasteiger partial charge >= 0.3 is 5.91 Å². The summed E-state index contributed by atoms with van der Waals surface area (Å²) in [6.45, 7) is 3.46. The zero-order valence-corrected chi connectivity index (χ0v) is 6.66. The summed E-state index contributed by atoms with van der Waals surface area (Å²) in [5.74, 6) is 0.181. The molecule has 2 N–H and O–H groups in total. The predicted molar refractivity (Wildman–Crippen MR) is 44.8 cm³/mol. The molecule has 1 aliphatic carbocycles. The number of nitrogens with two attached hydrogens (primary N) is 1. The monoisotopic (exact) mass is 164 g/mol. The van der Waals surface area contributed by atoms with Crippen LogP contribution in [0, 0.1) is 5.92 Å². The standard InChI is InChI=1S/C8H10N3O/c1-11-8(12)6(9)4-7(10-11)5-2-3-5/h4-5H,1-3,9H2/q+1. The van der Waals surface area contributed by atoms with Crippen molar-refractivity contribution in [2.75, 3.05) is 0 Å². The zero-order valence-electron chi connectivity index (χ0n) is 6.66. The van der Waals surface area contributed by atoms with Crippen LogP contribution < -0.4 is 5.73 Å². The smallest absolute Gasteiger partial charge is 0.390 e. The van der Waals surface area contributed by atoms with Crippen molar-refractivity contribution >= 4 is 18.3 Å². The third kappa shape index (κ3) is 1.05. The molecule has 0 unspecified atom stereocenters. The minimum absolute atomic E-state index is 0.238. The van der Waals surface area contributed by atoms with E-state index in [4.69, 9.17) is 5.73 Å². The third-order valence-corrected chi connectivity index (χ3v) is 2.02. The number of hydrazone groups is 1. The summed E-state index contributed by atoms with van der Waals surface area (Å²) in [6.07, 6.45) is 3.94. The molecule has 0 aromatic heterocycles. The number of nitrogens with zero attached hydrogens (tertiary/aromatic N) is 2. The summed E-state index contributed by atoms with van der Waals surface area (Å²) in [5, 5.41) is 4.01. The van der Waals surface area contributed by atoms with Crippen molar-refractivity contribution in [2.45, 2.75) is 12.8 Å². The minimum Gasteiger partial charge on any atom is -0.390 e. The van der Waals surface area contributed by atoms with Gasteiger partial charge in [0.2, 0.25) is 0 Å². The molecular weight excluding hydrogens is 154 g/mol. The Labute approximate surface area is 70.1 Å². The van der Waals surface area contributed by atoms with Crippen LogP contribution in [-0.4, -0.2) is 23.0 Å². The summed E-state index contributed by atoms with van der Waals surface area (Å²) >= 11 is 0. The van der Waals surface area contributed by atoms with Crippen LogP contribution in [0.2, 0.25) is 0 Å². The van der Waals surface area contributed by atoms with Crippen LogP contribution in [0.1, 0.15) is 12.8 Å². The van der Waals surface area contributed by atoms with Crippen LogP contribution in [-0.2, 0) is 4.79 Å². The molecule has 0 saturated heterocycles. The topological polar surface area (TPSA) is 58.5 Å². The Kier molecular flexibility index (Phi) is 1.36. The van der Waals surface area contributed by atoms with E-state index in [0.717, 1.165) is 23.2 Å². The molecule has 62 valence electrons. The Morgan fingerprint density at radius 2 is 2.33 bits per heavy atom. The molecule has 1 fully saturated rings. The number of rotatable bonds is 1. The minimum atomic E-state index is -0.320. The number of allylic oxidation sites excluding steroid dienone is 1. The Hall–Kier alpha value is -1.45. The van der Waals surface area contributed by atoms with E-state index >= 15 is 0 Å². The highest BCUT2D eigenvalue weighted by Crippen LogP contribution is 2.32. The zero-order chi connectivity index (χ0) is 8.72. The number of amides is 1. The summed E-state index contributed by atoms with van der Waals surface area (Å²) in [5.41, 5.74) is 6.60. The second-order valence-electron chi connectivity index (χ2n) is 3.10. The van der Waals surface area contributed by atoms with Gasteiger partial charge in [-0.15, -0.1) is 0 Å². The molecule has 0 atom stereocenters. The van der Waals surface area contributed by atoms with Crippen molar-refractivity contribution in [1.82, 2.24) is 0 Å². The number of carbonyl (C=O) groups is 1. The van der Waals surface area contributed by atoms with Gasteiger partial charge in [0.1, 0.15) is 5.71 Å². The maximum atomic E-state index is 11.1. The third-order valence-electron chi connectivity index (χ3n) is 2.02. The molecular formula is C8H10N3O+. The van der Waals surface area contributed by atoms with E-state index in [2.05, 4.69) is 11.8 Å². The lowest BCUT2D eigenvalue weighted by atomic mass is 10.2. The molecule has 12 heavy (non-hydrogen) atoms. The van der Waals surface area contributed by atoms with Crippen molar-refractivity contribution in [3.63, 3.8) is 0 Å². The predicted octanol–water partition coefficient (Wildman–Crippen LogP) is -0.152. The molecule has 0 bridgehead atoms. The quantitative estimate of drug-likeness (QED) is 0.548. The summed E-state index contributed by atoms with van der Waals surface area (Å²) in [7, 11) is 0. The van der Waals surface area contributed by atoms with Crippen molar-refractivity contribution in [3.8, 4) is 0 Å². The van der Waals surface area contributed by atoms with E-state index in [9.17, 15) is 4.79 Å². The maximum absolute atomic E-state index is 11.1. The van der Waals surface area contributed by atoms with Gasteiger partial charge in [-0.3, -0.25) is 0 Å². The Balaban J connectivity index is 2.32. The number of hydrogen-bond acceptors (Lipinski definition) is 3. The van der Waals surface area contributed by atoms with Gasteiger partial charge in [-0.25, -0.2) is 4.79 Å². The average molecular weight is 164 g/mol. The van der Waals surface area contributed by atoms with Crippen LogP contribution in [0.15, 0.2) is 16.9 Å². The van der Waals surface area contributed by atoms with Crippen molar-refractivity contribution in [3.05, 3.63) is 11.8 Å². The van der Waals surface area contributed by atoms with E-state index in [1.54, 1.807) is 6.08 Å². The van der Waals surface area contributed by atoms with E-state index < -0.39 is 0 Å². The first-order valence-corrected chi connectivity index (χ1v) is 3.89. The normalized spacial score (nSPS) is 23.7. The molecule has 0 spiro atoms. The van der Waals surface area contributed by atoms with Gasteiger partial charge in [-0.1, -0.05) is 0 Å². The summed E-state index contributed by atoms with van der Waals surface area (Å²) < 4.78 is 1.06. The first-order valence-electron chi connectivity index (χ1n) is 3.89. The first-order chi connectivity index (χ1) is 5.68. The SMILES string of the molecule is C=[N+]1N=C(C2CC2)C=C(N)C1=O. The van der Waals surface area contributed by atoms with E-state index in [1.165, 1.54) is 0 Å². The highest BCUT2D eigenvalue weighted by molar-refractivity contribution is 6.05. The number of carbonyl (C=O) groups excluding carboxylic acids is 1. The van der Waals surface area contributed by atoms with Crippen LogP contribution in [0.5, 0.6) is 0 Å². The van der Waals surface area contributed by atoms with Crippen LogP contribution in [0.25, 0.3) is 0 Å². The van der Waals surface area contributed by atoms with Crippen molar-refractivity contribution in [2.24, 2.45) is 16.8 Å².